The van der Waals surface area contributed by atoms with Crippen LogP contribution in [0.1, 0.15) is 0 Å². The van der Waals surface area contributed by atoms with E-state index >= 15 is 0 Å². The summed E-state index contributed by atoms with van der Waals surface area (Å²) in [5.41, 5.74) is 1.65. The lowest BCUT2D eigenvalue weighted by atomic mass is 10.0. The molecular weight excluding hydrogens is 342 g/mol. The van der Waals surface area contributed by atoms with E-state index in [9.17, 15) is 4.79 Å². The fourth-order valence-corrected chi connectivity index (χ4v) is 3.10. The van der Waals surface area contributed by atoms with Gasteiger partial charge in [-0.2, -0.15) is 10.1 Å². The topological polar surface area (TPSA) is 80.0 Å². The second-order valence-corrected chi connectivity index (χ2v) is 6.86. The van der Waals surface area contributed by atoms with Crippen molar-refractivity contribution < 1.29 is 0 Å². The molecule has 0 radical (unpaired) electrons. The predicted molar refractivity (Wildman–Crippen MR) is 104 cm³/mol. The summed E-state index contributed by atoms with van der Waals surface area (Å²) >= 11 is 0. The quantitative estimate of drug-likeness (QED) is 0.676. The van der Waals surface area contributed by atoms with Gasteiger partial charge < -0.3 is 9.80 Å². The van der Waals surface area contributed by atoms with E-state index in [0.29, 0.717) is 18.4 Å². The minimum atomic E-state index is -0.0804. The van der Waals surface area contributed by atoms with E-state index < -0.39 is 0 Å². The standard InChI is InChI=1S/C19H21N7O/c1-24(2)19-21-10-7-17(22-19)25-11-14(12-25)13-26-18(27)4-3-16(23-26)15-5-8-20-9-6-15/h3-10,14H,11-13H2,1-2H3. The predicted octanol–water partition coefficient (Wildman–Crippen LogP) is 1.30. The number of hydrogen-bond donors (Lipinski definition) is 0. The lowest BCUT2D eigenvalue weighted by Crippen LogP contribution is -2.50. The molecule has 3 aromatic heterocycles. The first kappa shape index (κ1) is 17.1. The molecule has 8 nitrogen and oxygen atoms in total. The van der Waals surface area contributed by atoms with Crippen LogP contribution in [0.3, 0.4) is 0 Å². The van der Waals surface area contributed by atoms with E-state index in [4.69, 9.17) is 0 Å². The van der Waals surface area contributed by atoms with Crippen LogP contribution in [0.5, 0.6) is 0 Å². The van der Waals surface area contributed by atoms with Crippen molar-refractivity contribution in [2.24, 2.45) is 5.92 Å². The maximum absolute atomic E-state index is 12.2. The highest BCUT2D eigenvalue weighted by atomic mass is 16.1. The Morgan fingerprint density at radius 2 is 1.85 bits per heavy atom. The van der Waals surface area contributed by atoms with Crippen LogP contribution in [-0.2, 0) is 6.54 Å². The maximum atomic E-state index is 12.2. The van der Waals surface area contributed by atoms with Crippen molar-refractivity contribution in [1.29, 1.82) is 0 Å². The lowest BCUT2D eigenvalue weighted by molar-refractivity contribution is 0.333. The van der Waals surface area contributed by atoms with Crippen molar-refractivity contribution in [3.8, 4) is 11.3 Å². The molecule has 1 aliphatic rings. The van der Waals surface area contributed by atoms with Gasteiger partial charge in [0, 0.05) is 63.3 Å². The van der Waals surface area contributed by atoms with Gasteiger partial charge in [0.25, 0.3) is 5.56 Å². The molecule has 4 rings (SSSR count). The molecule has 1 aliphatic heterocycles. The van der Waals surface area contributed by atoms with Crippen LogP contribution >= 0.6 is 0 Å². The molecule has 0 bridgehead atoms. The molecule has 0 atom stereocenters. The van der Waals surface area contributed by atoms with Crippen molar-refractivity contribution >= 4 is 11.8 Å². The summed E-state index contributed by atoms with van der Waals surface area (Å²) in [6, 6.07) is 9.02. The summed E-state index contributed by atoms with van der Waals surface area (Å²) in [4.78, 5) is 29.1. The summed E-state index contributed by atoms with van der Waals surface area (Å²) in [7, 11) is 3.85. The molecule has 27 heavy (non-hydrogen) atoms. The summed E-state index contributed by atoms with van der Waals surface area (Å²) in [6.45, 7) is 2.29. The van der Waals surface area contributed by atoms with Gasteiger partial charge in [-0.3, -0.25) is 9.78 Å². The maximum Gasteiger partial charge on any atom is 0.266 e. The number of nitrogens with zero attached hydrogens (tertiary/aromatic N) is 7. The molecule has 3 aromatic rings. The molecule has 138 valence electrons. The van der Waals surface area contributed by atoms with Gasteiger partial charge in [0.1, 0.15) is 5.82 Å². The van der Waals surface area contributed by atoms with Gasteiger partial charge in [-0.05, 0) is 24.3 Å². The minimum Gasteiger partial charge on any atom is -0.356 e. The van der Waals surface area contributed by atoms with Gasteiger partial charge in [0.2, 0.25) is 5.95 Å². The largest absolute Gasteiger partial charge is 0.356 e. The molecule has 8 heteroatoms. The van der Waals surface area contributed by atoms with Crippen molar-refractivity contribution in [2.75, 3.05) is 37.0 Å². The van der Waals surface area contributed by atoms with E-state index in [1.807, 2.05) is 37.2 Å². The lowest BCUT2D eigenvalue weighted by Gasteiger charge is -2.40. The molecule has 0 spiro atoms. The van der Waals surface area contributed by atoms with Gasteiger partial charge in [-0.1, -0.05) is 0 Å². The van der Waals surface area contributed by atoms with E-state index in [0.717, 1.165) is 30.2 Å². The third-order valence-corrected chi connectivity index (χ3v) is 4.58. The van der Waals surface area contributed by atoms with Gasteiger partial charge in [0.05, 0.1) is 12.2 Å². The normalized spacial score (nSPS) is 14.1. The first-order valence-electron chi connectivity index (χ1n) is 8.84. The van der Waals surface area contributed by atoms with Gasteiger partial charge >= 0.3 is 0 Å². The molecule has 0 saturated carbocycles. The van der Waals surface area contributed by atoms with E-state index in [2.05, 4.69) is 25.0 Å². The Balaban J connectivity index is 1.44. The first-order chi connectivity index (χ1) is 13.1. The average Bonchev–Trinajstić information content (AvgIpc) is 2.66. The van der Waals surface area contributed by atoms with Gasteiger partial charge in [-0.15, -0.1) is 0 Å². The Morgan fingerprint density at radius 1 is 1.07 bits per heavy atom. The van der Waals surface area contributed by atoms with Crippen LogP contribution < -0.4 is 15.4 Å². The minimum absolute atomic E-state index is 0.0804. The molecule has 1 fully saturated rings. The second kappa shape index (κ2) is 7.14. The van der Waals surface area contributed by atoms with E-state index in [1.165, 1.54) is 0 Å². The Labute approximate surface area is 157 Å². The van der Waals surface area contributed by atoms with Crippen molar-refractivity contribution in [3.05, 3.63) is 59.3 Å². The van der Waals surface area contributed by atoms with Crippen molar-refractivity contribution in [2.45, 2.75) is 6.54 Å². The van der Waals surface area contributed by atoms with E-state index in [1.54, 1.807) is 35.4 Å². The highest BCUT2D eigenvalue weighted by Crippen LogP contribution is 2.24. The van der Waals surface area contributed by atoms with Crippen LogP contribution in [0.4, 0.5) is 11.8 Å². The summed E-state index contributed by atoms with van der Waals surface area (Å²) < 4.78 is 1.56. The zero-order valence-electron chi connectivity index (χ0n) is 15.4. The van der Waals surface area contributed by atoms with Crippen LogP contribution in [-0.4, -0.2) is 51.9 Å². The molecule has 0 N–H and O–H groups in total. The third kappa shape index (κ3) is 3.64. The Kier molecular flexibility index (Phi) is 4.53. The third-order valence-electron chi connectivity index (χ3n) is 4.58. The zero-order valence-corrected chi connectivity index (χ0v) is 15.4. The number of hydrogen-bond acceptors (Lipinski definition) is 7. The average molecular weight is 363 g/mol. The van der Waals surface area contributed by atoms with E-state index in [-0.39, 0.29) is 5.56 Å². The van der Waals surface area contributed by atoms with Gasteiger partial charge in [-0.25, -0.2) is 9.67 Å². The highest BCUT2D eigenvalue weighted by Gasteiger charge is 2.29. The van der Waals surface area contributed by atoms with Gasteiger partial charge in [0.15, 0.2) is 0 Å². The Hall–Kier alpha value is -3.29. The fourth-order valence-electron chi connectivity index (χ4n) is 3.10. The molecule has 1 saturated heterocycles. The zero-order chi connectivity index (χ0) is 18.8. The highest BCUT2D eigenvalue weighted by molar-refractivity contribution is 5.57. The Morgan fingerprint density at radius 3 is 2.59 bits per heavy atom. The monoisotopic (exact) mass is 363 g/mol. The van der Waals surface area contributed by atoms with Crippen LogP contribution in [0.15, 0.2) is 53.7 Å². The number of anilines is 2. The molecule has 0 amide bonds. The van der Waals surface area contributed by atoms with Crippen LogP contribution in [0, 0.1) is 5.92 Å². The number of rotatable bonds is 5. The van der Waals surface area contributed by atoms with Crippen LogP contribution in [0.2, 0.25) is 0 Å². The van der Waals surface area contributed by atoms with Crippen LogP contribution in [0.25, 0.3) is 11.3 Å². The van der Waals surface area contributed by atoms with Crippen molar-refractivity contribution in [1.82, 2.24) is 24.7 Å². The summed E-state index contributed by atoms with van der Waals surface area (Å²) in [6.07, 6.45) is 5.22. The SMILES string of the molecule is CN(C)c1nccc(N2CC(Cn3nc(-c4ccncc4)ccc3=O)C2)n1. The van der Waals surface area contributed by atoms with Crippen molar-refractivity contribution in [3.63, 3.8) is 0 Å². The summed E-state index contributed by atoms with van der Waals surface area (Å²) in [5.74, 6) is 1.97. The summed E-state index contributed by atoms with van der Waals surface area (Å²) in [5, 5.41) is 4.53. The number of aromatic nitrogens is 5. The fraction of sp³-hybridized carbons (Fsp3) is 0.316. The molecule has 0 unspecified atom stereocenters. The smallest absolute Gasteiger partial charge is 0.266 e. The molecule has 0 aliphatic carbocycles. The second-order valence-electron chi connectivity index (χ2n) is 6.86. The molecule has 0 aromatic carbocycles. The molecular formula is C19H21N7O. The number of pyridine rings is 1. The first-order valence-corrected chi connectivity index (χ1v) is 8.84. The molecule has 4 heterocycles. The Bertz CT molecular complexity index is 981.